The Morgan fingerprint density at radius 2 is 1.80 bits per heavy atom. The molecule has 4 N–H and O–H groups in total. The van der Waals surface area contributed by atoms with Crippen LogP contribution in [0, 0.1) is 5.92 Å². The first-order valence-corrected chi connectivity index (χ1v) is 6.87. The average Bonchev–Trinajstić information content (AvgIpc) is 2.42. The van der Waals surface area contributed by atoms with Crippen molar-refractivity contribution in [1.82, 2.24) is 10.6 Å². The molecule has 110 valence electrons. The van der Waals surface area contributed by atoms with E-state index >= 15 is 0 Å². The quantitative estimate of drug-likeness (QED) is 0.690. The lowest BCUT2D eigenvalue weighted by atomic mass is 10.0. The molecule has 1 aromatic rings. The number of benzene rings is 1. The predicted octanol–water partition coefficient (Wildman–Crippen LogP) is 1.55. The molecule has 0 radical (unpaired) electrons. The van der Waals surface area contributed by atoms with Crippen LogP contribution < -0.4 is 16.4 Å². The summed E-state index contributed by atoms with van der Waals surface area (Å²) < 4.78 is 0. The van der Waals surface area contributed by atoms with E-state index in [0.717, 1.165) is 6.42 Å². The van der Waals surface area contributed by atoms with Crippen molar-refractivity contribution in [2.24, 2.45) is 5.92 Å². The van der Waals surface area contributed by atoms with E-state index in [4.69, 9.17) is 5.73 Å². The molecule has 0 heterocycles. The van der Waals surface area contributed by atoms with Gasteiger partial charge in [-0.1, -0.05) is 20.8 Å². The van der Waals surface area contributed by atoms with Crippen LogP contribution in [0.25, 0.3) is 0 Å². The molecule has 2 amide bonds. The summed E-state index contributed by atoms with van der Waals surface area (Å²) in [6.45, 7) is 6.12. The summed E-state index contributed by atoms with van der Waals surface area (Å²) in [7, 11) is 0. The number of carbonyl (C=O) groups is 2. The van der Waals surface area contributed by atoms with E-state index in [2.05, 4.69) is 24.5 Å². The monoisotopic (exact) mass is 277 g/mol. The molecule has 0 aliphatic carbocycles. The Kier molecular flexibility index (Phi) is 6.03. The molecule has 1 atom stereocenters. The Morgan fingerprint density at radius 3 is 2.30 bits per heavy atom. The van der Waals surface area contributed by atoms with Crippen LogP contribution in [0.1, 0.15) is 37.6 Å². The molecule has 5 heteroatoms. The number of carbonyl (C=O) groups excluding carboxylic acids is 2. The van der Waals surface area contributed by atoms with E-state index in [0.29, 0.717) is 17.2 Å². The van der Waals surface area contributed by atoms with Gasteiger partial charge < -0.3 is 16.4 Å². The first-order valence-electron chi connectivity index (χ1n) is 6.87. The molecule has 0 saturated carbocycles. The van der Waals surface area contributed by atoms with Gasteiger partial charge in [0.25, 0.3) is 5.91 Å². The summed E-state index contributed by atoms with van der Waals surface area (Å²) in [6, 6.07) is 6.70. The molecule has 1 unspecified atom stereocenters. The molecule has 5 nitrogen and oxygen atoms in total. The Labute approximate surface area is 119 Å². The Bertz CT molecular complexity index is 455. The largest absolute Gasteiger partial charge is 0.399 e. The van der Waals surface area contributed by atoms with Crippen LogP contribution in [0.2, 0.25) is 0 Å². The van der Waals surface area contributed by atoms with E-state index in [1.165, 1.54) is 0 Å². The first-order chi connectivity index (χ1) is 9.43. The SMILES string of the molecule is CCC(NC(=O)CNC(=O)c1ccc(N)cc1)C(C)C. The van der Waals surface area contributed by atoms with Crippen molar-refractivity contribution in [3.63, 3.8) is 0 Å². The van der Waals surface area contributed by atoms with Gasteiger partial charge in [-0.3, -0.25) is 9.59 Å². The lowest BCUT2D eigenvalue weighted by Crippen LogP contribution is -2.43. The van der Waals surface area contributed by atoms with Crippen LogP contribution in [-0.4, -0.2) is 24.4 Å². The van der Waals surface area contributed by atoms with E-state index in [9.17, 15) is 9.59 Å². The minimum atomic E-state index is -0.280. The zero-order chi connectivity index (χ0) is 15.1. The highest BCUT2D eigenvalue weighted by atomic mass is 16.2. The summed E-state index contributed by atoms with van der Waals surface area (Å²) in [4.78, 5) is 23.6. The zero-order valence-corrected chi connectivity index (χ0v) is 12.3. The minimum Gasteiger partial charge on any atom is -0.399 e. The summed E-state index contributed by atoms with van der Waals surface area (Å²) in [5, 5.41) is 5.50. The van der Waals surface area contributed by atoms with Crippen LogP contribution in [-0.2, 0) is 4.79 Å². The second kappa shape index (κ2) is 7.53. The van der Waals surface area contributed by atoms with Crippen LogP contribution >= 0.6 is 0 Å². The third-order valence-corrected chi connectivity index (χ3v) is 3.17. The summed E-state index contributed by atoms with van der Waals surface area (Å²) in [5.74, 6) is -0.0798. The summed E-state index contributed by atoms with van der Waals surface area (Å²) >= 11 is 0. The number of hydrogen-bond acceptors (Lipinski definition) is 3. The second-order valence-electron chi connectivity index (χ2n) is 5.13. The fraction of sp³-hybridized carbons (Fsp3) is 0.467. The van der Waals surface area contributed by atoms with Crippen LogP contribution in [0.15, 0.2) is 24.3 Å². The Balaban J connectivity index is 2.44. The van der Waals surface area contributed by atoms with E-state index in [1.807, 2.05) is 6.92 Å². The summed E-state index contributed by atoms with van der Waals surface area (Å²) in [5.41, 5.74) is 6.64. The topological polar surface area (TPSA) is 84.2 Å². The average molecular weight is 277 g/mol. The fourth-order valence-electron chi connectivity index (χ4n) is 1.90. The molecule has 1 aromatic carbocycles. The van der Waals surface area contributed by atoms with Crippen molar-refractivity contribution in [2.45, 2.75) is 33.2 Å². The highest BCUT2D eigenvalue weighted by Gasteiger charge is 2.14. The number of nitrogen functional groups attached to an aromatic ring is 1. The lowest BCUT2D eigenvalue weighted by Gasteiger charge is -2.20. The molecule has 0 fully saturated rings. The standard InChI is InChI=1S/C15H23N3O2/c1-4-13(10(2)3)18-14(19)9-17-15(20)11-5-7-12(16)8-6-11/h5-8,10,13H,4,9,16H2,1-3H3,(H,17,20)(H,18,19). The van der Waals surface area contributed by atoms with Gasteiger partial charge in [-0.2, -0.15) is 0 Å². The number of nitrogens with two attached hydrogens (primary N) is 1. The maximum Gasteiger partial charge on any atom is 0.251 e. The van der Waals surface area contributed by atoms with Crippen molar-refractivity contribution in [3.8, 4) is 0 Å². The van der Waals surface area contributed by atoms with Crippen LogP contribution in [0.3, 0.4) is 0 Å². The number of nitrogens with one attached hydrogen (secondary N) is 2. The minimum absolute atomic E-state index is 0.0214. The van der Waals surface area contributed by atoms with Gasteiger partial charge in [-0.15, -0.1) is 0 Å². The molecule has 20 heavy (non-hydrogen) atoms. The van der Waals surface area contributed by atoms with Gasteiger partial charge in [0.1, 0.15) is 0 Å². The maximum atomic E-state index is 11.8. The molecular weight excluding hydrogens is 254 g/mol. The second-order valence-corrected chi connectivity index (χ2v) is 5.13. The third kappa shape index (κ3) is 4.91. The normalized spacial score (nSPS) is 12.0. The maximum absolute atomic E-state index is 11.8. The lowest BCUT2D eigenvalue weighted by molar-refractivity contribution is -0.121. The van der Waals surface area contributed by atoms with Crippen LogP contribution in [0.5, 0.6) is 0 Å². The van der Waals surface area contributed by atoms with Gasteiger partial charge >= 0.3 is 0 Å². The molecule has 0 spiro atoms. The first kappa shape index (κ1) is 16.0. The molecule has 0 aromatic heterocycles. The highest BCUT2D eigenvalue weighted by molar-refractivity contribution is 5.96. The molecule has 0 aliphatic rings. The van der Waals surface area contributed by atoms with E-state index in [1.54, 1.807) is 24.3 Å². The smallest absolute Gasteiger partial charge is 0.251 e. The fourth-order valence-corrected chi connectivity index (χ4v) is 1.90. The molecule has 0 saturated heterocycles. The number of amides is 2. The molecule has 1 rings (SSSR count). The van der Waals surface area contributed by atoms with Gasteiger partial charge in [0.05, 0.1) is 6.54 Å². The van der Waals surface area contributed by atoms with E-state index < -0.39 is 0 Å². The van der Waals surface area contributed by atoms with E-state index in [-0.39, 0.29) is 24.4 Å². The number of anilines is 1. The summed E-state index contributed by atoms with van der Waals surface area (Å²) in [6.07, 6.45) is 0.870. The van der Waals surface area contributed by atoms with Gasteiger partial charge in [0, 0.05) is 17.3 Å². The predicted molar refractivity (Wildman–Crippen MR) is 80.2 cm³/mol. The van der Waals surface area contributed by atoms with Crippen molar-refractivity contribution in [2.75, 3.05) is 12.3 Å². The van der Waals surface area contributed by atoms with Crippen LogP contribution in [0.4, 0.5) is 5.69 Å². The van der Waals surface area contributed by atoms with Gasteiger partial charge in [-0.05, 0) is 36.6 Å². The highest BCUT2D eigenvalue weighted by Crippen LogP contribution is 2.06. The van der Waals surface area contributed by atoms with Crippen molar-refractivity contribution >= 4 is 17.5 Å². The molecule has 0 bridgehead atoms. The van der Waals surface area contributed by atoms with Crippen molar-refractivity contribution < 1.29 is 9.59 Å². The zero-order valence-electron chi connectivity index (χ0n) is 12.3. The van der Waals surface area contributed by atoms with Crippen molar-refractivity contribution in [1.29, 1.82) is 0 Å². The van der Waals surface area contributed by atoms with Gasteiger partial charge in [-0.25, -0.2) is 0 Å². The van der Waals surface area contributed by atoms with Gasteiger partial charge in [0.2, 0.25) is 5.91 Å². The van der Waals surface area contributed by atoms with Crippen molar-refractivity contribution in [3.05, 3.63) is 29.8 Å². The molecule has 0 aliphatic heterocycles. The Morgan fingerprint density at radius 1 is 1.20 bits per heavy atom. The third-order valence-electron chi connectivity index (χ3n) is 3.17. The number of hydrogen-bond donors (Lipinski definition) is 3. The number of rotatable bonds is 6. The Hall–Kier alpha value is -2.04. The molecular formula is C15H23N3O2. The van der Waals surface area contributed by atoms with Gasteiger partial charge in [0.15, 0.2) is 0 Å².